The Labute approximate surface area is 171 Å². The summed E-state index contributed by atoms with van der Waals surface area (Å²) in [6.45, 7) is 6.28. The van der Waals surface area contributed by atoms with E-state index in [-0.39, 0.29) is 11.7 Å². The van der Waals surface area contributed by atoms with Gasteiger partial charge in [-0.2, -0.15) is 0 Å². The molecule has 0 aromatic carbocycles. The second kappa shape index (κ2) is 7.43. The van der Waals surface area contributed by atoms with Crippen molar-refractivity contribution in [1.29, 1.82) is 0 Å². The molecule has 2 aliphatic rings. The molecule has 6 nitrogen and oxygen atoms in total. The van der Waals surface area contributed by atoms with E-state index in [1.54, 1.807) is 0 Å². The van der Waals surface area contributed by atoms with Crippen LogP contribution in [0.3, 0.4) is 0 Å². The zero-order valence-electron chi connectivity index (χ0n) is 17.1. The van der Waals surface area contributed by atoms with Crippen molar-refractivity contribution >= 4 is 10.9 Å². The predicted octanol–water partition coefficient (Wildman–Crippen LogP) is 3.97. The van der Waals surface area contributed by atoms with E-state index in [0.717, 1.165) is 35.2 Å². The van der Waals surface area contributed by atoms with Crippen LogP contribution in [-0.2, 0) is 4.74 Å². The van der Waals surface area contributed by atoms with Crippen LogP contribution in [-0.4, -0.2) is 45.9 Å². The van der Waals surface area contributed by atoms with Gasteiger partial charge in [-0.15, -0.1) is 0 Å². The van der Waals surface area contributed by atoms with Crippen molar-refractivity contribution in [2.75, 3.05) is 19.7 Å². The summed E-state index contributed by atoms with van der Waals surface area (Å²) in [7, 11) is 0. The normalized spacial score (nSPS) is 21.8. The molecule has 0 unspecified atom stereocenters. The zero-order chi connectivity index (χ0) is 19.8. The van der Waals surface area contributed by atoms with E-state index in [4.69, 9.17) is 14.5 Å². The van der Waals surface area contributed by atoms with Gasteiger partial charge in [0.15, 0.2) is 0 Å². The minimum atomic E-state index is -0.185. The highest BCUT2D eigenvalue weighted by Crippen LogP contribution is 2.34. The number of nitrogens with one attached hydrogen (secondary N) is 1. The molecule has 3 aromatic heterocycles. The van der Waals surface area contributed by atoms with Gasteiger partial charge in [-0.3, -0.25) is 4.98 Å². The maximum atomic E-state index is 6.18. The van der Waals surface area contributed by atoms with Crippen molar-refractivity contribution in [2.24, 2.45) is 0 Å². The number of nitrogens with zero attached hydrogens (tertiary/aromatic N) is 3. The third-order valence-electron chi connectivity index (χ3n) is 5.89. The highest BCUT2D eigenvalue weighted by Gasteiger charge is 2.29. The van der Waals surface area contributed by atoms with Crippen LogP contribution in [0.15, 0.2) is 42.9 Å². The predicted molar refractivity (Wildman–Crippen MR) is 113 cm³/mol. The first kappa shape index (κ1) is 18.6. The SMILES string of the molecule is CC1(C)CNC[C@@H](COc2nc(-c3ccn(C4CCC4)c3)cc3ncccc23)O1. The van der Waals surface area contributed by atoms with Gasteiger partial charge in [0.25, 0.3) is 0 Å². The highest BCUT2D eigenvalue weighted by atomic mass is 16.6. The molecule has 1 aliphatic carbocycles. The third kappa shape index (κ3) is 3.87. The molecular weight excluding hydrogens is 364 g/mol. The molecule has 0 amide bonds. The van der Waals surface area contributed by atoms with E-state index in [0.29, 0.717) is 18.5 Å². The number of pyridine rings is 2. The lowest BCUT2D eigenvalue weighted by molar-refractivity contribution is -0.107. The van der Waals surface area contributed by atoms with Crippen LogP contribution < -0.4 is 10.1 Å². The van der Waals surface area contributed by atoms with Gasteiger partial charge in [-0.25, -0.2) is 4.98 Å². The van der Waals surface area contributed by atoms with Crippen LogP contribution in [0, 0.1) is 0 Å². The van der Waals surface area contributed by atoms with Crippen molar-refractivity contribution in [3.63, 3.8) is 0 Å². The van der Waals surface area contributed by atoms with Gasteiger partial charge in [0.05, 0.1) is 22.2 Å². The second-order valence-corrected chi connectivity index (χ2v) is 8.76. The van der Waals surface area contributed by atoms with Crippen LogP contribution in [0.5, 0.6) is 5.88 Å². The van der Waals surface area contributed by atoms with E-state index >= 15 is 0 Å². The van der Waals surface area contributed by atoms with Crippen molar-refractivity contribution in [3.05, 3.63) is 42.9 Å². The molecule has 152 valence electrons. The number of aromatic nitrogens is 3. The molecule has 29 heavy (non-hydrogen) atoms. The zero-order valence-corrected chi connectivity index (χ0v) is 17.1. The quantitative estimate of drug-likeness (QED) is 0.712. The summed E-state index contributed by atoms with van der Waals surface area (Å²) in [6, 6.07) is 8.75. The summed E-state index contributed by atoms with van der Waals surface area (Å²) >= 11 is 0. The van der Waals surface area contributed by atoms with Crippen molar-refractivity contribution in [3.8, 4) is 17.1 Å². The monoisotopic (exact) mass is 392 g/mol. The number of ether oxygens (including phenoxy) is 2. The summed E-state index contributed by atoms with van der Waals surface area (Å²) in [6.07, 6.45) is 10.0. The Morgan fingerprint density at radius 3 is 3.00 bits per heavy atom. The molecule has 0 bridgehead atoms. The highest BCUT2D eigenvalue weighted by molar-refractivity contribution is 5.86. The Balaban J connectivity index is 1.42. The van der Waals surface area contributed by atoms with E-state index in [2.05, 4.69) is 47.2 Å². The molecule has 4 heterocycles. The first-order valence-electron chi connectivity index (χ1n) is 10.5. The minimum Gasteiger partial charge on any atom is -0.474 e. The topological polar surface area (TPSA) is 61.2 Å². The van der Waals surface area contributed by atoms with Gasteiger partial charge in [0.2, 0.25) is 5.88 Å². The fourth-order valence-electron chi connectivity index (χ4n) is 4.11. The van der Waals surface area contributed by atoms with Crippen molar-refractivity contribution in [1.82, 2.24) is 19.9 Å². The summed E-state index contributed by atoms with van der Waals surface area (Å²) in [5.74, 6) is 0.619. The van der Waals surface area contributed by atoms with E-state index in [1.807, 2.05) is 24.4 Å². The number of fused-ring (bicyclic) bond motifs is 1. The molecule has 1 N–H and O–H groups in total. The molecule has 0 radical (unpaired) electrons. The first-order valence-corrected chi connectivity index (χ1v) is 10.5. The Bertz CT molecular complexity index is 1010. The molecule has 5 rings (SSSR count). The van der Waals surface area contributed by atoms with E-state index < -0.39 is 0 Å². The number of hydrogen-bond acceptors (Lipinski definition) is 5. The van der Waals surface area contributed by atoms with Crippen LogP contribution >= 0.6 is 0 Å². The van der Waals surface area contributed by atoms with Crippen LogP contribution in [0.4, 0.5) is 0 Å². The van der Waals surface area contributed by atoms with Gasteiger partial charge in [0.1, 0.15) is 12.7 Å². The molecule has 3 aromatic rings. The summed E-state index contributed by atoms with van der Waals surface area (Å²) in [4.78, 5) is 9.40. The lowest BCUT2D eigenvalue weighted by atomic mass is 9.93. The Morgan fingerprint density at radius 1 is 1.31 bits per heavy atom. The largest absolute Gasteiger partial charge is 0.474 e. The molecule has 6 heteroatoms. The van der Waals surface area contributed by atoms with Crippen molar-refractivity contribution < 1.29 is 9.47 Å². The van der Waals surface area contributed by atoms with Gasteiger partial charge < -0.3 is 19.4 Å². The smallest absolute Gasteiger partial charge is 0.223 e. The molecule has 1 atom stereocenters. The fourth-order valence-corrected chi connectivity index (χ4v) is 4.11. The average Bonchev–Trinajstić information content (AvgIpc) is 3.13. The van der Waals surface area contributed by atoms with Crippen molar-refractivity contribution in [2.45, 2.75) is 50.9 Å². The third-order valence-corrected chi connectivity index (χ3v) is 5.89. The van der Waals surface area contributed by atoms with Gasteiger partial charge in [-0.05, 0) is 57.4 Å². The summed E-state index contributed by atoms with van der Waals surface area (Å²) in [5.41, 5.74) is 2.71. The Morgan fingerprint density at radius 2 is 2.21 bits per heavy atom. The maximum Gasteiger partial charge on any atom is 0.223 e. The average molecular weight is 393 g/mol. The first-order chi connectivity index (χ1) is 14.1. The standard InChI is InChI=1S/C23H28N4O2/c1-23(2)15-24-12-18(29-23)14-28-22-19-7-4-9-25-21(19)11-20(26-22)16-8-10-27(13-16)17-5-3-6-17/h4,7-11,13,17-18,24H,3,5-6,12,14-15H2,1-2H3/t18-/m0/s1. The molecule has 0 spiro atoms. The van der Waals surface area contributed by atoms with Gasteiger partial charge >= 0.3 is 0 Å². The van der Waals surface area contributed by atoms with E-state index in [1.165, 1.54) is 19.3 Å². The second-order valence-electron chi connectivity index (χ2n) is 8.76. The van der Waals surface area contributed by atoms with Gasteiger partial charge in [0, 0.05) is 43.3 Å². The molecule has 2 fully saturated rings. The lowest BCUT2D eigenvalue weighted by Crippen LogP contribution is -2.52. The van der Waals surface area contributed by atoms with Crippen LogP contribution in [0.2, 0.25) is 0 Å². The number of morpholine rings is 1. The Hall–Kier alpha value is -2.44. The number of rotatable bonds is 5. The fraction of sp³-hybridized carbons (Fsp3) is 0.478. The van der Waals surface area contributed by atoms with Gasteiger partial charge in [-0.1, -0.05) is 0 Å². The molecule has 1 saturated carbocycles. The van der Waals surface area contributed by atoms with Crippen LogP contribution in [0.25, 0.3) is 22.2 Å². The number of hydrogen-bond donors (Lipinski definition) is 1. The maximum absolute atomic E-state index is 6.18. The Kier molecular flexibility index (Phi) is 4.76. The molecule has 1 saturated heterocycles. The summed E-state index contributed by atoms with van der Waals surface area (Å²) in [5, 5.41) is 4.35. The molecular formula is C23H28N4O2. The lowest BCUT2D eigenvalue weighted by Gasteiger charge is -2.36. The van der Waals surface area contributed by atoms with Crippen LogP contribution in [0.1, 0.15) is 39.2 Å². The van der Waals surface area contributed by atoms with E-state index in [9.17, 15) is 0 Å². The molecule has 1 aliphatic heterocycles. The summed E-state index contributed by atoms with van der Waals surface area (Å²) < 4.78 is 14.6. The minimum absolute atomic E-state index is 0.00405.